The van der Waals surface area contributed by atoms with Crippen LogP contribution in [0.25, 0.3) is 22.6 Å². The third-order valence-corrected chi connectivity index (χ3v) is 5.35. The summed E-state index contributed by atoms with van der Waals surface area (Å²) in [5, 5.41) is 30.8. The molecule has 0 spiro atoms. The van der Waals surface area contributed by atoms with Crippen LogP contribution in [0.15, 0.2) is 21.7 Å². The first kappa shape index (κ1) is 23.4. The van der Waals surface area contributed by atoms with Gasteiger partial charge in [0.15, 0.2) is 11.5 Å². The van der Waals surface area contributed by atoms with Crippen molar-refractivity contribution in [3.8, 4) is 11.5 Å². The Balaban J connectivity index is 2.06. The van der Waals surface area contributed by atoms with Crippen molar-refractivity contribution >= 4 is 30.5 Å². The molecule has 3 unspecified atom stereocenters. The topological polar surface area (TPSA) is 208 Å². The summed E-state index contributed by atoms with van der Waals surface area (Å²) in [7, 11) is -4.91. The summed E-state index contributed by atoms with van der Waals surface area (Å²) in [6.07, 6.45) is -5.50. The summed E-state index contributed by atoms with van der Waals surface area (Å²) in [4.78, 5) is 51.3. The Bertz CT molecular complexity index is 1260. The first-order valence-electron chi connectivity index (χ1n) is 8.72. The number of aliphatic hydroxyl groups is 3. The predicted octanol–water partition coefficient (Wildman–Crippen LogP) is -1.26. The fourth-order valence-electron chi connectivity index (χ4n) is 2.93. The molecule has 15 heteroatoms. The van der Waals surface area contributed by atoms with Gasteiger partial charge in [0.1, 0.15) is 18.3 Å². The molecule has 0 aromatic heterocycles. The van der Waals surface area contributed by atoms with Gasteiger partial charge in [0, 0.05) is 5.02 Å². The maximum absolute atomic E-state index is 12.2. The molecule has 168 valence electrons. The zero-order chi connectivity index (χ0) is 23.1. The number of hydrogen-bond donors (Lipinski definition) is 6. The average molecular weight is 477 g/mol. The third-order valence-electron chi connectivity index (χ3n) is 4.46. The highest BCUT2D eigenvalue weighted by molar-refractivity contribution is 7.46. The van der Waals surface area contributed by atoms with Gasteiger partial charge >= 0.3 is 13.5 Å². The van der Waals surface area contributed by atoms with Gasteiger partial charge < -0.3 is 29.7 Å². The van der Waals surface area contributed by atoms with Crippen LogP contribution >= 0.6 is 19.4 Å². The second-order valence-corrected chi connectivity index (χ2v) is 8.41. The van der Waals surface area contributed by atoms with E-state index < -0.39 is 50.5 Å². The molecule has 13 nitrogen and oxygen atoms in total. The van der Waals surface area contributed by atoms with Crippen LogP contribution in [0.2, 0.25) is 5.02 Å². The van der Waals surface area contributed by atoms with Gasteiger partial charge in [-0.1, -0.05) is 11.6 Å². The number of nitrogens with zero attached hydrogens (tertiary/aromatic N) is 3. The summed E-state index contributed by atoms with van der Waals surface area (Å²) in [6, 6.07) is 3.04. The number of aryl methyl sites for hydroxylation is 1. The SMILES string of the molecule is Cc1cc2nc3c(=O)[nH]c(=O)nc-3n(CC(O)C(O)C(O)COP(=O)(O)O)c2cc1Cl. The molecular weight excluding hydrogens is 459 g/mol. The van der Waals surface area contributed by atoms with E-state index in [0.29, 0.717) is 10.6 Å². The lowest BCUT2D eigenvalue weighted by atomic mass is 10.1. The highest BCUT2D eigenvalue weighted by Gasteiger charge is 2.30. The van der Waals surface area contributed by atoms with E-state index >= 15 is 0 Å². The fourth-order valence-corrected chi connectivity index (χ4v) is 3.43. The number of phosphoric ester groups is 1. The molecule has 2 aliphatic rings. The normalized spacial score (nSPS) is 15.3. The van der Waals surface area contributed by atoms with Crippen molar-refractivity contribution in [2.45, 2.75) is 31.8 Å². The van der Waals surface area contributed by atoms with Gasteiger partial charge in [0.2, 0.25) is 0 Å². The molecule has 0 bridgehead atoms. The molecule has 1 aromatic carbocycles. The maximum Gasteiger partial charge on any atom is 0.469 e. The molecule has 0 fully saturated rings. The number of benzene rings is 1. The smallest absolute Gasteiger partial charge is 0.388 e. The van der Waals surface area contributed by atoms with Gasteiger partial charge in [-0.3, -0.25) is 14.3 Å². The number of aromatic nitrogens is 4. The largest absolute Gasteiger partial charge is 0.469 e. The first-order chi connectivity index (χ1) is 14.4. The van der Waals surface area contributed by atoms with Crippen LogP contribution in [-0.4, -0.2) is 69.5 Å². The maximum atomic E-state index is 12.2. The van der Waals surface area contributed by atoms with E-state index in [1.165, 1.54) is 10.6 Å². The molecule has 2 heterocycles. The van der Waals surface area contributed by atoms with Crippen molar-refractivity contribution in [3.63, 3.8) is 0 Å². The predicted molar refractivity (Wildman–Crippen MR) is 107 cm³/mol. The number of nitrogens with one attached hydrogen (secondary N) is 1. The standard InChI is InChI=1S/C16H18ClN4O9P/c1-6-2-8-9(3-7(6)17)21(14-12(18-8)15(25)20-16(26)19-14)4-10(22)13(24)11(23)5-30-31(27,28)29/h2-3,10-11,13,22-24H,4-5H2,1H3,(H,20,25,26)(H2,27,28,29). The summed E-state index contributed by atoms with van der Waals surface area (Å²) in [6.45, 7) is 0.259. The van der Waals surface area contributed by atoms with Crippen LogP contribution in [0.3, 0.4) is 0 Å². The van der Waals surface area contributed by atoms with Crippen molar-refractivity contribution in [3.05, 3.63) is 43.6 Å². The van der Waals surface area contributed by atoms with Gasteiger partial charge in [0.05, 0.1) is 24.2 Å². The molecule has 2 aliphatic heterocycles. The van der Waals surface area contributed by atoms with Gasteiger partial charge in [0.25, 0.3) is 5.56 Å². The number of halogens is 1. The van der Waals surface area contributed by atoms with Crippen molar-refractivity contribution in [2.24, 2.45) is 0 Å². The molecule has 0 saturated carbocycles. The second-order valence-electron chi connectivity index (χ2n) is 6.77. The molecule has 0 amide bonds. The van der Waals surface area contributed by atoms with Crippen LogP contribution in [0.1, 0.15) is 5.56 Å². The molecule has 1 aromatic rings. The number of fused-ring (bicyclic) bond motifs is 2. The van der Waals surface area contributed by atoms with E-state index in [4.69, 9.17) is 21.4 Å². The number of rotatable bonds is 7. The van der Waals surface area contributed by atoms with Gasteiger partial charge in [-0.15, -0.1) is 0 Å². The average Bonchev–Trinajstić information content (AvgIpc) is 2.67. The Labute approximate surface area is 178 Å². The van der Waals surface area contributed by atoms with E-state index in [2.05, 4.69) is 14.5 Å². The van der Waals surface area contributed by atoms with Crippen LogP contribution in [0.4, 0.5) is 0 Å². The molecular formula is C16H18ClN4O9P. The number of H-pyrrole nitrogens is 1. The molecule has 6 N–H and O–H groups in total. The number of aliphatic hydroxyl groups excluding tert-OH is 3. The van der Waals surface area contributed by atoms with Crippen molar-refractivity contribution in [1.82, 2.24) is 19.5 Å². The van der Waals surface area contributed by atoms with Crippen molar-refractivity contribution in [2.75, 3.05) is 6.61 Å². The van der Waals surface area contributed by atoms with E-state index in [1.54, 1.807) is 13.0 Å². The van der Waals surface area contributed by atoms with E-state index in [0.717, 1.165) is 0 Å². The Morgan fingerprint density at radius 1 is 1.19 bits per heavy atom. The van der Waals surface area contributed by atoms with Crippen molar-refractivity contribution < 1.29 is 34.2 Å². The summed E-state index contributed by atoms with van der Waals surface area (Å²) in [5.74, 6) is -0.201. The Morgan fingerprint density at radius 2 is 1.87 bits per heavy atom. The molecule has 3 atom stereocenters. The third kappa shape index (κ3) is 5.17. The highest BCUT2D eigenvalue weighted by atomic mass is 35.5. The van der Waals surface area contributed by atoms with Crippen LogP contribution in [0.5, 0.6) is 0 Å². The van der Waals surface area contributed by atoms with Gasteiger partial charge in [-0.25, -0.2) is 14.3 Å². The lowest BCUT2D eigenvalue weighted by molar-refractivity contribution is -0.0793. The van der Waals surface area contributed by atoms with Gasteiger partial charge in [-0.2, -0.15) is 4.98 Å². The molecule has 0 radical (unpaired) electrons. The first-order valence-corrected chi connectivity index (χ1v) is 10.6. The van der Waals surface area contributed by atoms with Crippen LogP contribution in [-0.2, 0) is 15.6 Å². The number of hydrogen-bond acceptors (Lipinski definition) is 9. The fraction of sp³-hybridized carbons (Fsp3) is 0.375. The zero-order valence-electron chi connectivity index (χ0n) is 15.8. The Hall–Kier alpha value is -2.22. The zero-order valence-corrected chi connectivity index (χ0v) is 17.5. The van der Waals surface area contributed by atoms with E-state index in [9.17, 15) is 29.5 Å². The Kier molecular flexibility index (Phi) is 6.60. The number of phosphoric acid groups is 1. The second kappa shape index (κ2) is 8.73. The summed E-state index contributed by atoms with van der Waals surface area (Å²) >= 11 is 6.17. The minimum Gasteiger partial charge on any atom is -0.388 e. The van der Waals surface area contributed by atoms with Crippen LogP contribution < -0.4 is 11.2 Å². The monoisotopic (exact) mass is 476 g/mol. The lowest BCUT2D eigenvalue weighted by Crippen LogP contribution is -2.42. The van der Waals surface area contributed by atoms with Crippen LogP contribution in [0, 0.1) is 6.92 Å². The highest BCUT2D eigenvalue weighted by Crippen LogP contribution is 2.36. The lowest BCUT2D eigenvalue weighted by Gasteiger charge is -2.25. The van der Waals surface area contributed by atoms with E-state index in [-0.39, 0.29) is 22.6 Å². The van der Waals surface area contributed by atoms with Gasteiger partial charge in [-0.05, 0) is 24.6 Å². The summed E-state index contributed by atoms with van der Waals surface area (Å²) in [5.41, 5.74) is -0.789. The summed E-state index contributed by atoms with van der Waals surface area (Å²) < 4.78 is 16.1. The number of aromatic amines is 1. The Morgan fingerprint density at radius 3 is 2.52 bits per heavy atom. The van der Waals surface area contributed by atoms with E-state index in [1.807, 2.05) is 4.98 Å². The molecule has 0 aliphatic carbocycles. The quantitative estimate of drug-likeness (QED) is 0.175. The minimum atomic E-state index is -4.91. The minimum absolute atomic E-state index is 0.201. The van der Waals surface area contributed by atoms with Crippen molar-refractivity contribution in [1.29, 1.82) is 0 Å². The molecule has 3 rings (SSSR count). The molecule has 31 heavy (non-hydrogen) atoms. The molecule has 0 saturated heterocycles.